The molecule has 0 N–H and O–H groups in total. The summed E-state index contributed by atoms with van der Waals surface area (Å²) in [4.78, 5) is 29.4. The van der Waals surface area contributed by atoms with E-state index in [0.29, 0.717) is 0 Å². The number of rotatable bonds is 2. The van der Waals surface area contributed by atoms with Crippen molar-refractivity contribution in [2.45, 2.75) is 0 Å². The van der Waals surface area contributed by atoms with Crippen LogP contribution in [0.4, 0.5) is 5.69 Å². The van der Waals surface area contributed by atoms with E-state index in [1.54, 1.807) is 0 Å². The van der Waals surface area contributed by atoms with Gasteiger partial charge in [-0.05, 0) is 6.07 Å². The Morgan fingerprint density at radius 1 is 1.35 bits per heavy atom. The van der Waals surface area contributed by atoms with E-state index >= 15 is 0 Å². The lowest BCUT2D eigenvalue weighted by molar-refractivity contribution is -0.383. The van der Waals surface area contributed by atoms with Gasteiger partial charge in [-0.2, -0.15) is 0 Å². The smallest absolute Gasteiger partial charge is 0.338 e. The largest absolute Gasteiger partial charge is 0.465 e. The Morgan fingerprint density at radius 2 is 2.06 bits per heavy atom. The quantitative estimate of drug-likeness (QED) is 0.441. The van der Waals surface area contributed by atoms with Crippen LogP contribution in [-0.4, -0.2) is 28.0 Å². The molecule has 0 aliphatic carbocycles. The van der Waals surface area contributed by atoms with Crippen molar-refractivity contribution in [3.63, 3.8) is 0 Å². The molecule has 0 aliphatic heterocycles. The summed E-state index contributed by atoms with van der Waals surface area (Å²) in [5.74, 6) is -0.652. The maximum absolute atomic E-state index is 11.3. The second-order valence-corrected chi connectivity index (χ2v) is 3.17. The first-order valence-electron chi connectivity index (χ1n) is 4.61. The molecule has 0 aliphatic rings. The number of hydrogen-bond acceptors (Lipinski definition) is 6. The predicted octanol–water partition coefficient (Wildman–Crippen LogP) is 1.32. The molecule has 0 unspecified atom stereocenters. The van der Waals surface area contributed by atoms with Crippen LogP contribution in [0.15, 0.2) is 24.5 Å². The fraction of sp³-hybridized carbons (Fsp3) is 0.100. The van der Waals surface area contributed by atoms with Gasteiger partial charge in [-0.3, -0.25) is 15.1 Å². The summed E-state index contributed by atoms with van der Waals surface area (Å²) in [6.45, 7) is 0. The monoisotopic (exact) mass is 233 g/mol. The van der Waals surface area contributed by atoms with Crippen LogP contribution in [-0.2, 0) is 4.74 Å². The normalized spacial score (nSPS) is 10.2. The topological polar surface area (TPSA) is 95.2 Å². The number of methoxy groups -OCH3 is 1. The lowest BCUT2D eigenvalue weighted by Crippen LogP contribution is -2.03. The highest BCUT2D eigenvalue weighted by atomic mass is 16.6. The molecule has 7 nitrogen and oxygen atoms in total. The van der Waals surface area contributed by atoms with Gasteiger partial charge in [-0.1, -0.05) is 0 Å². The fourth-order valence-electron chi connectivity index (χ4n) is 1.43. The van der Waals surface area contributed by atoms with E-state index in [1.807, 2.05) is 0 Å². The van der Waals surface area contributed by atoms with Gasteiger partial charge in [-0.25, -0.2) is 9.78 Å². The van der Waals surface area contributed by atoms with Crippen molar-refractivity contribution in [2.75, 3.05) is 7.11 Å². The van der Waals surface area contributed by atoms with Gasteiger partial charge in [0.05, 0.1) is 23.1 Å². The van der Waals surface area contributed by atoms with E-state index in [1.165, 1.54) is 25.6 Å². The van der Waals surface area contributed by atoms with Crippen molar-refractivity contribution in [2.24, 2.45) is 0 Å². The number of nitro benzene ring substituents is 1. The third-order valence-electron chi connectivity index (χ3n) is 2.17. The van der Waals surface area contributed by atoms with Crippen LogP contribution in [0.3, 0.4) is 0 Å². The first kappa shape index (κ1) is 10.9. The van der Waals surface area contributed by atoms with Gasteiger partial charge in [0.2, 0.25) is 0 Å². The van der Waals surface area contributed by atoms with E-state index in [0.717, 1.165) is 6.07 Å². The van der Waals surface area contributed by atoms with Crippen LogP contribution >= 0.6 is 0 Å². The summed E-state index contributed by atoms with van der Waals surface area (Å²) in [6.07, 6.45) is 2.75. The molecule has 1 aromatic heterocycles. The summed E-state index contributed by atoms with van der Waals surface area (Å²) in [5.41, 5.74) is 0.232. The Hall–Kier alpha value is -2.57. The van der Waals surface area contributed by atoms with Gasteiger partial charge >= 0.3 is 5.97 Å². The first-order chi connectivity index (χ1) is 8.13. The molecule has 86 valence electrons. The number of esters is 1. The Bertz CT molecular complexity index is 612. The summed E-state index contributed by atoms with van der Waals surface area (Å²) in [7, 11) is 1.20. The molecular weight excluding hydrogens is 226 g/mol. The van der Waals surface area contributed by atoms with Crippen LogP contribution in [0.1, 0.15) is 10.4 Å². The molecule has 0 saturated carbocycles. The number of carbonyl (C=O) groups excluding carboxylic acids is 1. The summed E-state index contributed by atoms with van der Waals surface area (Å²) in [6, 6.07) is 2.53. The number of nitrogens with zero attached hydrogens (tertiary/aromatic N) is 3. The first-order valence-corrected chi connectivity index (χ1v) is 4.61. The number of carbonyl (C=O) groups is 1. The van der Waals surface area contributed by atoms with Crippen LogP contribution < -0.4 is 0 Å². The molecule has 0 radical (unpaired) electrons. The highest BCUT2D eigenvalue weighted by molar-refractivity contribution is 5.96. The number of aromatic nitrogens is 2. The zero-order valence-corrected chi connectivity index (χ0v) is 8.78. The Labute approximate surface area is 95.2 Å². The Balaban J connectivity index is 2.76. The second kappa shape index (κ2) is 4.12. The Kier molecular flexibility index (Phi) is 2.65. The molecule has 7 heteroatoms. The number of hydrogen-bond donors (Lipinski definition) is 0. The molecular formula is C10H7N3O4. The molecule has 0 spiro atoms. The van der Waals surface area contributed by atoms with Crippen LogP contribution in [0.2, 0.25) is 0 Å². The van der Waals surface area contributed by atoms with Crippen molar-refractivity contribution < 1.29 is 14.5 Å². The van der Waals surface area contributed by atoms with E-state index in [9.17, 15) is 14.9 Å². The van der Waals surface area contributed by atoms with Crippen LogP contribution in [0, 0.1) is 10.1 Å². The van der Waals surface area contributed by atoms with Gasteiger partial charge in [0.15, 0.2) is 5.52 Å². The van der Waals surface area contributed by atoms with Crippen LogP contribution in [0.25, 0.3) is 11.0 Å². The van der Waals surface area contributed by atoms with Crippen molar-refractivity contribution in [1.82, 2.24) is 9.97 Å². The lowest BCUT2D eigenvalue weighted by atomic mass is 10.1. The maximum Gasteiger partial charge on any atom is 0.338 e. The number of non-ortho nitro benzene ring substituents is 1. The Morgan fingerprint density at radius 3 is 2.71 bits per heavy atom. The summed E-state index contributed by atoms with van der Waals surface area (Å²) in [5, 5.41) is 10.9. The SMILES string of the molecule is COC(=O)c1cc([N+](=O)[O-])c2nccnc2c1. The molecule has 0 atom stereocenters. The molecule has 2 aromatic rings. The molecule has 1 heterocycles. The highest BCUT2D eigenvalue weighted by Gasteiger charge is 2.18. The van der Waals surface area contributed by atoms with Crippen LogP contribution in [0.5, 0.6) is 0 Å². The number of benzene rings is 1. The molecule has 1 aromatic carbocycles. The van der Waals surface area contributed by atoms with E-state index in [-0.39, 0.29) is 22.3 Å². The van der Waals surface area contributed by atoms with Gasteiger partial charge in [-0.15, -0.1) is 0 Å². The fourth-order valence-corrected chi connectivity index (χ4v) is 1.43. The summed E-state index contributed by atoms with van der Waals surface area (Å²) >= 11 is 0. The van der Waals surface area contributed by atoms with Crippen molar-refractivity contribution in [3.05, 3.63) is 40.2 Å². The minimum Gasteiger partial charge on any atom is -0.465 e. The van der Waals surface area contributed by atoms with Crippen molar-refractivity contribution in [1.29, 1.82) is 0 Å². The molecule has 17 heavy (non-hydrogen) atoms. The molecule has 2 rings (SSSR count). The molecule has 0 amide bonds. The molecule has 0 bridgehead atoms. The minimum absolute atomic E-state index is 0.0761. The third-order valence-corrected chi connectivity index (χ3v) is 2.17. The minimum atomic E-state index is -0.652. The highest BCUT2D eigenvalue weighted by Crippen LogP contribution is 2.24. The third kappa shape index (κ3) is 1.89. The molecule has 0 saturated heterocycles. The van der Waals surface area contributed by atoms with E-state index < -0.39 is 10.9 Å². The predicted molar refractivity (Wildman–Crippen MR) is 57.5 cm³/mol. The van der Waals surface area contributed by atoms with Crippen molar-refractivity contribution >= 4 is 22.7 Å². The van der Waals surface area contributed by atoms with Gasteiger partial charge in [0.1, 0.15) is 0 Å². The van der Waals surface area contributed by atoms with Gasteiger partial charge < -0.3 is 4.74 Å². The zero-order chi connectivity index (χ0) is 12.4. The maximum atomic E-state index is 11.3. The second-order valence-electron chi connectivity index (χ2n) is 3.17. The summed E-state index contributed by atoms with van der Waals surface area (Å²) < 4.78 is 4.51. The number of ether oxygens (including phenoxy) is 1. The van der Waals surface area contributed by atoms with Gasteiger partial charge in [0.25, 0.3) is 5.69 Å². The van der Waals surface area contributed by atoms with E-state index in [2.05, 4.69) is 14.7 Å². The van der Waals surface area contributed by atoms with E-state index in [4.69, 9.17) is 0 Å². The van der Waals surface area contributed by atoms with Crippen molar-refractivity contribution in [3.8, 4) is 0 Å². The zero-order valence-electron chi connectivity index (χ0n) is 8.78. The lowest BCUT2D eigenvalue weighted by Gasteiger charge is -2.02. The number of nitro groups is 1. The average molecular weight is 233 g/mol. The van der Waals surface area contributed by atoms with Gasteiger partial charge in [0, 0.05) is 18.5 Å². The standard InChI is InChI=1S/C10H7N3O4/c1-17-10(14)6-4-7-9(12-3-2-11-7)8(5-6)13(15)16/h2-5H,1H3. The number of fused-ring (bicyclic) bond motifs is 1. The average Bonchev–Trinajstić information content (AvgIpc) is 2.36. The molecule has 0 fully saturated rings.